The van der Waals surface area contributed by atoms with Gasteiger partial charge in [-0.1, -0.05) is 12.1 Å². The minimum absolute atomic E-state index is 0.240. The van der Waals surface area contributed by atoms with Crippen LogP contribution in [-0.4, -0.2) is 19.3 Å². The number of ether oxygens (including phenoxy) is 1. The molecule has 1 aliphatic rings. The van der Waals surface area contributed by atoms with Gasteiger partial charge in [0.2, 0.25) is 0 Å². The maximum atomic E-state index is 8.70. The minimum atomic E-state index is 0.240. The Hall–Kier alpha value is -1.37. The standard InChI is InChI=1S/C13H16N2O/c14-8-11-3-1-10(2-4-11)7-12-9-16-6-5-13(12)15/h1-4,12-13H,5-7,9,15H2/t12-,13-/m1/s1. The average molecular weight is 216 g/mol. The van der Waals surface area contributed by atoms with Crippen molar-refractivity contribution in [3.8, 4) is 6.07 Å². The lowest BCUT2D eigenvalue weighted by molar-refractivity contribution is 0.0422. The molecule has 0 radical (unpaired) electrons. The molecule has 0 amide bonds. The summed E-state index contributed by atoms with van der Waals surface area (Å²) in [6.07, 6.45) is 1.88. The number of nitriles is 1. The molecule has 3 heteroatoms. The molecule has 16 heavy (non-hydrogen) atoms. The lowest BCUT2D eigenvalue weighted by Gasteiger charge is -2.28. The third-order valence-electron chi connectivity index (χ3n) is 3.11. The van der Waals surface area contributed by atoms with E-state index in [1.165, 1.54) is 5.56 Å². The number of nitrogens with two attached hydrogens (primary N) is 1. The van der Waals surface area contributed by atoms with E-state index in [1.54, 1.807) is 0 Å². The van der Waals surface area contributed by atoms with E-state index in [0.29, 0.717) is 11.5 Å². The molecular weight excluding hydrogens is 200 g/mol. The summed E-state index contributed by atoms with van der Waals surface area (Å²) in [5, 5.41) is 8.70. The average Bonchev–Trinajstić information content (AvgIpc) is 2.33. The zero-order valence-corrected chi connectivity index (χ0v) is 9.23. The molecule has 1 aliphatic heterocycles. The van der Waals surface area contributed by atoms with E-state index in [2.05, 4.69) is 6.07 Å². The van der Waals surface area contributed by atoms with E-state index in [0.717, 1.165) is 26.1 Å². The molecule has 0 saturated carbocycles. The molecule has 2 atom stereocenters. The lowest BCUT2D eigenvalue weighted by Crippen LogP contribution is -2.39. The fraction of sp³-hybridized carbons (Fsp3) is 0.462. The van der Waals surface area contributed by atoms with Crippen molar-refractivity contribution in [1.29, 1.82) is 5.26 Å². The van der Waals surface area contributed by atoms with Crippen LogP contribution in [-0.2, 0) is 11.2 Å². The normalized spacial score (nSPS) is 25.0. The lowest BCUT2D eigenvalue weighted by atomic mass is 9.90. The van der Waals surface area contributed by atoms with Gasteiger partial charge in [-0.15, -0.1) is 0 Å². The molecule has 1 saturated heterocycles. The Morgan fingerprint density at radius 3 is 2.75 bits per heavy atom. The van der Waals surface area contributed by atoms with Crippen molar-refractivity contribution in [3.63, 3.8) is 0 Å². The largest absolute Gasteiger partial charge is 0.381 e. The fourth-order valence-electron chi connectivity index (χ4n) is 2.04. The predicted octanol–water partition coefficient (Wildman–Crippen LogP) is 1.46. The van der Waals surface area contributed by atoms with E-state index in [1.807, 2.05) is 24.3 Å². The van der Waals surface area contributed by atoms with Gasteiger partial charge in [-0.05, 0) is 30.5 Å². The van der Waals surface area contributed by atoms with Gasteiger partial charge in [-0.2, -0.15) is 5.26 Å². The third kappa shape index (κ3) is 2.60. The molecule has 1 aromatic rings. The van der Waals surface area contributed by atoms with Crippen LogP contribution in [0.25, 0.3) is 0 Å². The Morgan fingerprint density at radius 1 is 1.38 bits per heavy atom. The molecule has 84 valence electrons. The highest BCUT2D eigenvalue weighted by atomic mass is 16.5. The number of hydrogen-bond acceptors (Lipinski definition) is 3. The van der Waals surface area contributed by atoms with Crippen LogP contribution < -0.4 is 5.73 Å². The Balaban J connectivity index is 2.00. The summed E-state index contributed by atoms with van der Waals surface area (Å²) in [5.41, 5.74) is 7.98. The first kappa shape index (κ1) is 11.1. The van der Waals surface area contributed by atoms with Gasteiger partial charge in [0.1, 0.15) is 0 Å². The Kier molecular flexibility index (Phi) is 3.55. The summed E-state index contributed by atoms with van der Waals surface area (Å²) in [5.74, 6) is 0.404. The van der Waals surface area contributed by atoms with Gasteiger partial charge in [0.05, 0.1) is 18.2 Å². The molecule has 1 aromatic carbocycles. The summed E-state index contributed by atoms with van der Waals surface area (Å²) < 4.78 is 5.44. The van der Waals surface area contributed by atoms with Crippen molar-refractivity contribution in [2.45, 2.75) is 18.9 Å². The second kappa shape index (κ2) is 5.11. The Bertz CT molecular complexity index is 380. The summed E-state index contributed by atoms with van der Waals surface area (Å²) in [7, 11) is 0. The van der Waals surface area contributed by atoms with Crippen LogP contribution in [0.15, 0.2) is 24.3 Å². The van der Waals surface area contributed by atoms with Crippen molar-refractivity contribution in [2.75, 3.05) is 13.2 Å². The monoisotopic (exact) mass is 216 g/mol. The molecule has 0 aliphatic carbocycles. The van der Waals surface area contributed by atoms with E-state index in [9.17, 15) is 0 Å². The van der Waals surface area contributed by atoms with Gasteiger partial charge in [-0.3, -0.25) is 0 Å². The van der Waals surface area contributed by atoms with Crippen LogP contribution in [0.2, 0.25) is 0 Å². The zero-order valence-electron chi connectivity index (χ0n) is 9.23. The second-order valence-corrected chi connectivity index (χ2v) is 4.30. The van der Waals surface area contributed by atoms with Gasteiger partial charge in [-0.25, -0.2) is 0 Å². The van der Waals surface area contributed by atoms with Crippen molar-refractivity contribution < 1.29 is 4.74 Å². The van der Waals surface area contributed by atoms with Crippen molar-refractivity contribution >= 4 is 0 Å². The van der Waals surface area contributed by atoms with Crippen LogP contribution >= 0.6 is 0 Å². The predicted molar refractivity (Wildman–Crippen MR) is 61.8 cm³/mol. The molecule has 0 unspecified atom stereocenters. The summed E-state index contributed by atoms with van der Waals surface area (Å²) in [6, 6.07) is 10.1. The van der Waals surface area contributed by atoms with Crippen molar-refractivity contribution in [2.24, 2.45) is 11.7 Å². The maximum Gasteiger partial charge on any atom is 0.0991 e. The highest BCUT2D eigenvalue weighted by Crippen LogP contribution is 2.18. The van der Waals surface area contributed by atoms with Gasteiger partial charge in [0.15, 0.2) is 0 Å². The van der Waals surface area contributed by atoms with E-state index >= 15 is 0 Å². The smallest absolute Gasteiger partial charge is 0.0991 e. The van der Waals surface area contributed by atoms with Crippen LogP contribution in [0.4, 0.5) is 0 Å². The first-order valence-corrected chi connectivity index (χ1v) is 5.62. The first-order chi connectivity index (χ1) is 7.79. The zero-order chi connectivity index (χ0) is 11.4. The third-order valence-corrected chi connectivity index (χ3v) is 3.11. The molecule has 0 aromatic heterocycles. The number of benzene rings is 1. The van der Waals surface area contributed by atoms with Crippen LogP contribution in [0, 0.1) is 17.2 Å². The summed E-state index contributed by atoms with van der Waals surface area (Å²) >= 11 is 0. The highest BCUT2D eigenvalue weighted by Gasteiger charge is 2.22. The SMILES string of the molecule is N#Cc1ccc(C[C@@H]2COCC[C@H]2N)cc1. The van der Waals surface area contributed by atoms with Gasteiger partial charge >= 0.3 is 0 Å². The minimum Gasteiger partial charge on any atom is -0.381 e. The molecule has 2 N–H and O–H groups in total. The Labute approximate surface area is 95.8 Å². The molecule has 1 fully saturated rings. The number of rotatable bonds is 2. The van der Waals surface area contributed by atoms with Gasteiger partial charge < -0.3 is 10.5 Å². The quantitative estimate of drug-likeness (QED) is 0.814. The van der Waals surface area contributed by atoms with E-state index in [4.69, 9.17) is 15.7 Å². The van der Waals surface area contributed by atoms with Crippen molar-refractivity contribution in [3.05, 3.63) is 35.4 Å². The fourth-order valence-corrected chi connectivity index (χ4v) is 2.04. The maximum absolute atomic E-state index is 8.70. The molecule has 0 spiro atoms. The molecule has 2 rings (SSSR count). The molecule has 1 heterocycles. The van der Waals surface area contributed by atoms with Gasteiger partial charge in [0, 0.05) is 18.6 Å². The number of hydrogen-bond donors (Lipinski definition) is 1. The van der Waals surface area contributed by atoms with E-state index < -0.39 is 0 Å². The van der Waals surface area contributed by atoms with Crippen molar-refractivity contribution in [1.82, 2.24) is 0 Å². The molecular formula is C13H16N2O. The van der Waals surface area contributed by atoms with Crippen LogP contribution in [0.5, 0.6) is 0 Å². The summed E-state index contributed by atoms with van der Waals surface area (Å²) in [4.78, 5) is 0. The topological polar surface area (TPSA) is 59.0 Å². The summed E-state index contributed by atoms with van der Waals surface area (Å²) in [6.45, 7) is 1.53. The van der Waals surface area contributed by atoms with Crippen LogP contribution in [0.3, 0.4) is 0 Å². The number of nitrogens with zero attached hydrogens (tertiary/aromatic N) is 1. The second-order valence-electron chi connectivity index (χ2n) is 4.30. The van der Waals surface area contributed by atoms with Crippen LogP contribution in [0.1, 0.15) is 17.5 Å². The van der Waals surface area contributed by atoms with Gasteiger partial charge in [0.25, 0.3) is 0 Å². The van der Waals surface area contributed by atoms with E-state index in [-0.39, 0.29) is 6.04 Å². The highest BCUT2D eigenvalue weighted by molar-refractivity contribution is 5.31. The Morgan fingerprint density at radius 2 is 2.12 bits per heavy atom. The first-order valence-electron chi connectivity index (χ1n) is 5.62. The molecule has 0 bridgehead atoms. The molecule has 3 nitrogen and oxygen atoms in total.